The van der Waals surface area contributed by atoms with Gasteiger partial charge in [0.1, 0.15) is 0 Å². The molecule has 1 fully saturated rings. The number of nitrogens with zero attached hydrogens (tertiary/aromatic N) is 1. The van der Waals surface area contributed by atoms with Gasteiger partial charge in [-0.1, -0.05) is 23.7 Å². The minimum absolute atomic E-state index is 0.0749. The van der Waals surface area contributed by atoms with Crippen molar-refractivity contribution in [2.45, 2.75) is 18.9 Å². The Labute approximate surface area is 107 Å². The number of likely N-dealkylation sites (N-methyl/N-ethyl adjacent to an activating group) is 1. The average molecular weight is 253 g/mol. The Morgan fingerprint density at radius 3 is 2.82 bits per heavy atom. The van der Waals surface area contributed by atoms with Gasteiger partial charge in [-0.2, -0.15) is 0 Å². The van der Waals surface area contributed by atoms with E-state index in [1.807, 2.05) is 12.1 Å². The van der Waals surface area contributed by atoms with Crippen molar-refractivity contribution < 1.29 is 4.79 Å². The number of halogens is 1. The molecular weight excluding hydrogens is 236 g/mol. The molecule has 0 aliphatic carbocycles. The first-order valence-electron chi connectivity index (χ1n) is 5.91. The Hall–Kier alpha value is -1.06. The van der Waals surface area contributed by atoms with Crippen LogP contribution in [0.15, 0.2) is 24.3 Å². The largest absolute Gasteiger partial charge is 0.358 e. The molecule has 1 aromatic rings. The van der Waals surface area contributed by atoms with Gasteiger partial charge >= 0.3 is 0 Å². The fourth-order valence-electron chi connectivity index (χ4n) is 2.34. The van der Waals surface area contributed by atoms with Crippen LogP contribution >= 0.6 is 11.6 Å². The molecule has 4 heteroatoms. The highest BCUT2D eigenvalue weighted by Crippen LogP contribution is 2.31. The van der Waals surface area contributed by atoms with E-state index in [1.165, 1.54) is 5.56 Å². The van der Waals surface area contributed by atoms with Gasteiger partial charge < -0.3 is 5.32 Å². The van der Waals surface area contributed by atoms with E-state index in [9.17, 15) is 4.79 Å². The summed E-state index contributed by atoms with van der Waals surface area (Å²) in [6, 6.07) is 8.27. The van der Waals surface area contributed by atoms with Crippen molar-refractivity contribution >= 4 is 17.5 Å². The van der Waals surface area contributed by atoms with E-state index >= 15 is 0 Å². The maximum Gasteiger partial charge on any atom is 0.233 e. The maximum absolute atomic E-state index is 11.4. The summed E-state index contributed by atoms with van der Waals surface area (Å²) in [5.41, 5.74) is 1.25. The highest BCUT2D eigenvalue weighted by molar-refractivity contribution is 6.30. The molecule has 0 unspecified atom stereocenters. The molecular formula is C13H17ClN2O. The van der Waals surface area contributed by atoms with Crippen molar-refractivity contribution in [2.24, 2.45) is 0 Å². The molecule has 3 nitrogen and oxygen atoms in total. The van der Waals surface area contributed by atoms with Crippen molar-refractivity contribution in [1.29, 1.82) is 0 Å². The molecule has 1 N–H and O–H groups in total. The summed E-state index contributed by atoms with van der Waals surface area (Å²) in [7, 11) is 1.68. The molecule has 0 radical (unpaired) electrons. The zero-order chi connectivity index (χ0) is 12.3. The third kappa shape index (κ3) is 2.99. The van der Waals surface area contributed by atoms with E-state index in [-0.39, 0.29) is 5.91 Å². The van der Waals surface area contributed by atoms with Gasteiger partial charge in [-0.05, 0) is 37.1 Å². The van der Waals surface area contributed by atoms with E-state index in [4.69, 9.17) is 11.6 Å². The van der Waals surface area contributed by atoms with Crippen LogP contribution in [0.4, 0.5) is 0 Å². The van der Waals surface area contributed by atoms with Gasteiger partial charge in [-0.3, -0.25) is 9.69 Å². The zero-order valence-corrected chi connectivity index (χ0v) is 10.7. The number of hydrogen-bond acceptors (Lipinski definition) is 2. The lowest BCUT2D eigenvalue weighted by atomic mass is 10.0. The van der Waals surface area contributed by atoms with Gasteiger partial charge in [0.05, 0.1) is 6.54 Å². The third-order valence-electron chi connectivity index (χ3n) is 3.24. The van der Waals surface area contributed by atoms with Crippen LogP contribution in [-0.2, 0) is 4.79 Å². The third-order valence-corrected chi connectivity index (χ3v) is 3.50. The molecule has 1 atom stereocenters. The molecule has 0 bridgehead atoms. The molecule has 2 rings (SSSR count). The molecule has 0 saturated carbocycles. The number of nitrogens with one attached hydrogen (secondary N) is 1. The minimum Gasteiger partial charge on any atom is -0.358 e. The number of likely N-dealkylation sites (tertiary alicyclic amines) is 1. The Morgan fingerprint density at radius 1 is 1.47 bits per heavy atom. The second-order valence-electron chi connectivity index (χ2n) is 4.35. The smallest absolute Gasteiger partial charge is 0.233 e. The summed E-state index contributed by atoms with van der Waals surface area (Å²) < 4.78 is 0. The standard InChI is InChI=1S/C13H17ClN2O/c1-15-13(17)9-16-8-2-3-12(16)10-4-6-11(14)7-5-10/h4-7,12H,2-3,8-9H2,1H3,(H,15,17)/t12-/m1/s1. The van der Waals surface area contributed by atoms with Gasteiger partial charge in [-0.25, -0.2) is 0 Å². The second kappa shape index (κ2) is 5.52. The summed E-state index contributed by atoms with van der Waals surface area (Å²) in [6.45, 7) is 1.46. The lowest BCUT2D eigenvalue weighted by molar-refractivity contribution is -0.122. The monoisotopic (exact) mass is 252 g/mol. The first-order chi connectivity index (χ1) is 8.20. The molecule has 1 heterocycles. The fourth-order valence-corrected chi connectivity index (χ4v) is 2.47. The number of hydrogen-bond donors (Lipinski definition) is 1. The molecule has 1 aliphatic heterocycles. The number of amides is 1. The summed E-state index contributed by atoms with van der Waals surface area (Å²) in [5.74, 6) is 0.0749. The van der Waals surface area contributed by atoms with Gasteiger partial charge in [0, 0.05) is 18.1 Å². The van der Waals surface area contributed by atoms with Crippen molar-refractivity contribution in [3.8, 4) is 0 Å². The first-order valence-corrected chi connectivity index (χ1v) is 6.28. The fraction of sp³-hybridized carbons (Fsp3) is 0.462. The maximum atomic E-state index is 11.4. The van der Waals surface area contributed by atoms with Crippen LogP contribution in [0.3, 0.4) is 0 Å². The number of carbonyl (C=O) groups is 1. The molecule has 0 aromatic heterocycles. The SMILES string of the molecule is CNC(=O)CN1CCC[C@@H]1c1ccc(Cl)cc1. The van der Waals surface area contributed by atoms with Crippen LogP contribution < -0.4 is 5.32 Å². The Kier molecular flexibility index (Phi) is 4.02. The van der Waals surface area contributed by atoms with Crippen LogP contribution in [0, 0.1) is 0 Å². The molecule has 17 heavy (non-hydrogen) atoms. The molecule has 1 aromatic carbocycles. The Morgan fingerprint density at radius 2 is 2.18 bits per heavy atom. The lowest BCUT2D eigenvalue weighted by Crippen LogP contribution is -2.35. The molecule has 92 valence electrons. The molecule has 1 saturated heterocycles. The minimum atomic E-state index is 0.0749. The molecule has 1 amide bonds. The summed E-state index contributed by atoms with van der Waals surface area (Å²) >= 11 is 5.88. The Balaban J connectivity index is 2.08. The van der Waals surface area contributed by atoms with E-state index < -0.39 is 0 Å². The van der Waals surface area contributed by atoms with E-state index in [2.05, 4.69) is 22.3 Å². The normalized spacial score (nSPS) is 20.5. The van der Waals surface area contributed by atoms with Crippen LogP contribution in [0.1, 0.15) is 24.4 Å². The van der Waals surface area contributed by atoms with Crippen molar-refractivity contribution in [1.82, 2.24) is 10.2 Å². The van der Waals surface area contributed by atoms with Crippen molar-refractivity contribution in [3.63, 3.8) is 0 Å². The predicted molar refractivity (Wildman–Crippen MR) is 69.1 cm³/mol. The lowest BCUT2D eigenvalue weighted by Gasteiger charge is -2.23. The van der Waals surface area contributed by atoms with Crippen LogP contribution in [-0.4, -0.2) is 30.9 Å². The quantitative estimate of drug-likeness (QED) is 0.895. The van der Waals surface area contributed by atoms with Gasteiger partial charge in [0.25, 0.3) is 0 Å². The zero-order valence-electron chi connectivity index (χ0n) is 9.95. The second-order valence-corrected chi connectivity index (χ2v) is 4.79. The highest BCUT2D eigenvalue weighted by atomic mass is 35.5. The van der Waals surface area contributed by atoms with Crippen LogP contribution in [0.25, 0.3) is 0 Å². The van der Waals surface area contributed by atoms with Crippen LogP contribution in [0.2, 0.25) is 5.02 Å². The average Bonchev–Trinajstić information content (AvgIpc) is 2.78. The topological polar surface area (TPSA) is 32.3 Å². The summed E-state index contributed by atoms with van der Waals surface area (Å²) in [4.78, 5) is 13.6. The summed E-state index contributed by atoms with van der Waals surface area (Å²) in [5, 5.41) is 3.43. The number of rotatable bonds is 3. The van der Waals surface area contributed by atoms with Crippen molar-refractivity contribution in [3.05, 3.63) is 34.9 Å². The Bertz CT molecular complexity index is 391. The predicted octanol–water partition coefficient (Wildman–Crippen LogP) is 2.22. The highest BCUT2D eigenvalue weighted by Gasteiger charge is 2.26. The van der Waals surface area contributed by atoms with Gasteiger partial charge in [0.2, 0.25) is 5.91 Å². The molecule has 1 aliphatic rings. The first kappa shape index (κ1) is 12.4. The molecule has 0 spiro atoms. The summed E-state index contributed by atoms with van der Waals surface area (Å²) in [6.07, 6.45) is 2.25. The van der Waals surface area contributed by atoms with Crippen molar-refractivity contribution in [2.75, 3.05) is 20.1 Å². The van der Waals surface area contributed by atoms with E-state index in [1.54, 1.807) is 7.05 Å². The number of benzene rings is 1. The van der Waals surface area contributed by atoms with Crippen LogP contribution in [0.5, 0.6) is 0 Å². The van der Waals surface area contributed by atoms with Gasteiger partial charge in [0.15, 0.2) is 0 Å². The van der Waals surface area contributed by atoms with Gasteiger partial charge in [-0.15, -0.1) is 0 Å². The van der Waals surface area contributed by atoms with E-state index in [0.717, 1.165) is 24.4 Å². The van der Waals surface area contributed by atoms with E-state index in [0.29, 0.717) is 12.6 Å². The number of carbonyl (C=O) groups excluding carboxylic acids is 1.